The minimum atomic E-state index is 0.346. The lowest BCUT2D eigenvalue weighted by atomic mass is 10.0. The molecule has 0 heterocycles. The molecule has 0 radical (unpaired) electrons. The van der Waals surface area contributed by atoms with Crippen LogP contribution in [-0.4, -0.2) is 0 Å². The van der Waals surface area contributed by atoms with Crippen LogP contribution in [-0.2, 0) is 6.42 Å². The lowest BCUT2D eigenvalue weighted by molar-refractivity contribution is 0.746. The maximum Gasteiger partial charge on any atom is 0.0511 e. The summed E-state index contributed by atoms with van der Waals surface area (Å²) in [5, 5.41) is 3.74. The monoisotopic (exact) mass is 331 g/mol. The van der Waals surface area contributed by atoms with Crippen LogP contribution < -0.4 is 5.32 Å². The fourth-order valence-corrected chi connectivity index (χ4v) is 2.97. The van der Waals surface area contributed by atoms with Gasteiger partial charge in [-0.05, 0) is 48.6 Å². The topological polar surface area (TPSA) is 12.0 Å². The number of hydrogen-bond donors (Lipinski definition) is 1. The molecular weight excluding hydrogens is 310 g/mol. The Kier molecular flexibility index (Phi) is 5.24. The van der Waals surface area contributed by atoms with Crippen molar-refractivity contribution in [1.82, 2.24) is 0 Å². The van der Waals surface area contributed by atoms with Crippen molar-refractivity contribution >= 4 is 21.6 Å². The predicted molar refractivity (Wildman–Crippen MR) is 91.4 cm³/mol. The smallest absolute Gasteiger partial charge is 0.0511 e. The molecule has 0 fully saturated rings. The zero-order chi connectivity index (χ0) is 14.5. The van der Waals surface area contributed by atoms with E-state index in [1.807, 2.05) is 0 Å². The van der Waals surface area contributed by atoms with Crippen molar-refractivity contribution in [2.24, 2.45) is 0 Å². The van der Waals surface area contributed by atoms with Gasteiger partial charge in [-0.2, -0.15) is 0 Å². The average Bonchev–Trinajstić information content (AvgIpc) is 2.45. The van der Waals surface area contributed by atoms with Gasteiger partial charge >= 0.3 is 0 Å². The molecule has 0 spiro atoms. The van der Waals surface area contributed by atoms with Gasteiger partial charge in [0.15, 0.2) is 0 Å². The number of hydrogen-bond acceptors (Lipinski definition) is 1. The summed E-state index contributed by atoms with van der Waals surface area (Å²) < 4.78 is 1.13. The van der Waals surface area contributed by atoms with Gasteiger partial charge in [-0.1, -0.05) is 60.1 Å². The fraction of sp³-hybridized carbons (Fsp3) is 0.333. The van der Waals surface area contributed by atoms with Gasteiger partial charge in [0, 0.05) is 10.2 Å². The Labute approximate surface area is 130 Å². The van der Waals surface area contributed by atoms with Crippen LogP contribution >= 0.6 is 15.9 Å². The van der Waals surface area contributed by atoms with Crippen LogP contribution in [0.2, 0.25) is 0 Å². The summed E-state index contributed by atoms with van der Waals surface area (Å²) in [6.07, 6.45) is 2.12. The number of benzene rings is 2. The molecule has 0 saturated heterocycles. The summed E-state index contributed by atoms with van der Waals surface area (Å²) in [5.41, 5.74) is 5.32. The standard InChI is InChI=1S/C18H22BrN/c1-4-14-9-6-8-13(3)18(14)20-17(5-2)15-10-7-11-16(19)12-15/h6-12,17,20H,4-5H2,1-3H3. The van der Waals surface area contributed by atoms with Crippen LogP contribution in [0.3, 0.4) is 0 Å². The number of halogens is 1. The summed E-state index contributed by atoms with van der Waals surface area (Å²) in [6.45, 7) is 6.61. The van der Waals surface area contributed by atoms with E-state index in [2.05, 4.69) is 84.5 Å². The SMILES string of the molecule is CCc1cccc(C)c1NC(CC)c1cccc(Br)c1. The third kappa shape index (κ3) is 3.43. The molecule has 0 amide bonds. The molecule has 2 aromatic rings. The van der Waals surface area contributed by atoms with Gasteiger partial charge in [0.2, 0.25) is 0 Å². The van der Waals surface area contributed by atoms with E-state index in [4.69, 9.17) is 0 Å². The first-order chi connectivity index (χ1) is 9.65. The van der Waals surface area contributed by atoms with E-state index in [1.165, 1.54) is 22.4 Å². The van der Waals surface area contributed by atoms with E-state index in [9.17, 15) is 0 Å². The van der Waals surface area contributed by atoms with Crippen molar-refractivity contribution in [2.45, 2.75) is 39.7 Å². The Hall–Kier alpha value is -1.28. The maximum atomic E-state index is 3.74. The summed E-state index contributed by atoms with van der Waals surface area (Å²) in [7, 11) is 0. The second-order valence-electron chi connectivity index (χ2n) is 5.12. The lowest BCUT2D eigenvalue weighted by Crippen LogP contribution is -2.12. The molecule has 20 heavy (non-hydrogen) atoms. The molecule has 0 bridgehead atoms. The largest absolute Gasteiger partial charge is 0.378 e. The Morgan fingerprint density at radius 2 is 1.85 bits per heavy atom. The number of nitrogens with one attached hydrogen (secondary N) is 1. The number of para-hydroxylation sites is 1. The van der Waals surface area contributed by atoms with E-state index in [0.29, 0.717) is 6.04 Å². The molecule has 2 heteroatoms. The molecule has 0 aromatic heterocycles. The molecule has 0 aliphatic heterocycles. The first-order valence-corrected chi connectivity index (χ1v) is 8.05. The molecule has 2 rings (SSSR count). The van der Waals surface area contributed by atoms with Gasteiger partial charge in [0.1, 0.15) is 0 Å². The average molecular weight is 332 g/mol. The summed E-state index contributed by atoms with van der Waals surface area (Å²) in [4.78, 5) is 0. The molecule has 1 nitrogen and oxygen atoms in total. The number of rotatable bonds is 5. The molecule has 0 saturated carbocycles. The Balaban J connectivity index is 2.31. The Morgan fingerprint density at radius 3 is 2.50 bits per heavy atom. The van der Waals surface area contributed by atoms with Crippen molar-refractivity contribution in [3.05, 3.63) is 63.6 Å². The van der Waals surface area contributed by atoms with Crippen LogP contribution in [0.1, 0.15) is 43.0 Å². The summed E-state index contributed by atoms with van der Waals surface area (Å²) in [6, 6.07) is 15.4. The number of anilines is 1. The van der Waals surface area contributed by atoms with E-state index in [1.54, 1.807) is 0 Å². The zero-order valence-electron chi connectivity index (χ0n) is 12.4. The molecule has 1 N–H and O–H groups in total. The highest BCUT2D eigenvalue weighted by Gasteiger charge is 2.12. The van der Waals surface area contributed by atoms with Gasteiger partial charge in [0.25, 0.3) is 0 Å². The third-order valence-electron chi connectivity index (χ3n) is 3.72. The highest BCUT2D eigenvalue weighted by Crippen LogP contribution is 2.29. The third-order valence-corrected chi connectivity index (χ3v) is 4.21. The highest BCUT2D eigenvalue weighted by atomic mass is 79.9. The molecule has 1 unspecified atom stereocenters. The van der Waals surface area contributed by atoms with Crippen LogP contribution in [0.5, 0.6) is 0 Å². The maximum absolute atomic E-state index is 3.74. The Morgan fingerprint density at radius 1 is 1.10 bits per heavy atom. The summed E-state index contributed by atoms with van der Waals surface area (Å²) in [5.74, 6) is 0. The normalized spacial score (nSPS) is 12.2. The van der Waals surface area contributed by atoms with Gasteiger partial charge in [-0.25, -0.2) is 0 Å². The molecule has 0 aliphatic carbocycles. The van der Waals surface area contributed by atoms with E-state index >= 15 is 0 Å². The Bertz CT molecular complexity index is 577. The molecular formula is C18H22BrN. The second-order valence-corrected chi connectivity index (χ2v) is 6.04. The van der Waals surface area contributed by atoms with Crippen LogP contribution in [0.4, 0.5) is 5.69 Å². The van der Waals surface area contributed by atoms with Crippen molar-refractivity contribution in [3.63, 3.8) is 0 Å². The first-order valence-electron chi connectivity index (χ1n) is 7.26. The minimum Gasteiger partial charge on any atom is -0.378 e. The zero-order valence-corrected chi connectivity index (χ0v) is 14.0. The van der Waals surface area contributed by atoms with E-state index < -0.39 is 0 Å². The molecule has 106 valence electrons. The van der Waals surface area contributed by atoms with Gasteiger partial charge in [-0.15, -0.1) is 0 Å². The quantitative estimate of drug-likeness (QED) is 0.720. The van der Waals surface area contributed by atoms with Crippen molar-refractivity contribution in [3.8, 4) is 0 Å². The van der Waals surface area contributed by atoms with Crippen LogP contribution in [0.15, 0.2) is 46.9 Å². The van der Waals surface area contributed by atoms with Crippen LogP contribution in [0, 0.1) is 6.92 Å². The first kappa shape index (κ1) is 15.1. The molecule has 0 aliphatic rings. The molecule has 1 atom stereocenters. The molecule has 2 aromatic carbocycles. The van der Waals surface area contributed by atoms with Gasteiger partial charge in [-0.3, -0.25) is 0 Å². The van der Waals surface area contributed by atoms with E-state index in [-0.39, 0.29) is 0 Å². The van der Waals surface area contributed by atoms with Gasteiger partial charge < -0.3 is 5.32 Å². The van der Waals surface area contributed by atoms with Crippen LogP contribution in [0.25, 0.3) is 0 Å². The second kappa shape index (κ2) is 6.94. The summed E-state index contributed by atoms with van der Waals surface area (Å²) >= 11 is 3.56. The van der Waals surface area contributed by atoms with E-state index in [0.717, 1.165) is 17.3 Å². The highest BCUT2D eigenvalue weighted by molar-refractivity contribution is 9.10. The fourth-order valence-electron chi connectivity index (χ4n) is 2.55. The van der Waals surface area contributed by atoms with Crippen molar-refractivity contribution in [2.75, 3.05) is 5.32 Å². The van der Waals surface area contributed by atoms with Crippen molar-refractivity contribution < 1.29 is 0 Å². The lowest BCUT2D eigenvalue weighted by Gasteiger charge is -2.22. The number of aryl methyl sites for hydroxylation is 2. The minimum absolute atomic E-state index is 0.346. The van der Waals surface area contributed by atoms with Gasteiger partial charge in [0.05, 0.1) is 6.04 Å². The predicted octanol–water partition coefficient (Wildman–Crippen LogP) is 5.88. The van der Waals surface area contributed by atoms with Crippen molar-refractivity contribution in [1.29, 1.82) is 0 Å².